The molecule has 0 radical (unpaired) electrons. The van der Waals surface area contributed by atoms with Crippen LogP contribution in [0.4, 0.5) is 0 Å². The molecule has 6 nitrogen and oxygen atoms in total. The van der Waals surface area contributed by atoms with Crippen molar-refractivity contribution in [2.75, 3.05) is 20.3 Å². The molecule has 1 saturated heterocycles. The first kappa shape index (κ1) is 17.7. The summed E-state index contributed by atoms with van der Waals surface area (Å²) in [4.78, 5) is 29.3. The van der Waals surface area contributed by atoms with E-state index < -0.39 is 0 Å². The van der Waals surface area contributed by atoms with Crippen LogP contribution in [0.15, 0.2) is 36.4 Å². The fourth-order valence-corrected chi connectivity index (χ4v) is 3.66. The van der Waals surface area contributed by atoms with E-state index in [4.69, 9.17) is 4.74 Å². The highest BCUT2D eigenvalue weighted by molar-refractivity contribution is 5.98. The Bertz CT molecular complexity index is 869. The Labute approximate surface area is 158 Å². The molecule has 2 N–H and O–H groups in total. The molecule has 1 aromatic heterocycles. The summed E-state index contributed by atoms with van der Waals surface area (Å²) in [5, 5.41) is 5.66. The summed E-state index contributed by atoms with van der Waals surface area (Å²) in [5.74, 6) is 0.404. The average Bonchev–Trinajstić information content (AvgIpc) is 3.09. The molecule has 2 fully saturated rings. The first-order valence-electron chi connectivity index (χ1n) is 9.22. The molecule has 1 aliphatic heterocycles. The second-order valence-corrected chi connectivity index (χ2v) is 7.34. The summed E-state index contributed by atoms with van der Waals surface area (Å²) in [7, 11) is 1.56. The summed E-state index contributed by atoms with van der Waals surface area (Å²) < 4.78 is 5.37. The normalized spacial score (nSPS) is 22.8. The first-order chi connectivity index (χ1) is 13.0. The lowest BCUT2D eigenvalue weighted by Gasteiger charge is -2.11. The third-order valence-electron chi connectivity index (χ3n) is 5.36. The maximum Gasteiger partial charge on any atom is 0.269 e. The number of carbonyl (C=O) groups is 2. The number of fused-ring (bicyclic) bond motifs is 1. The third kappa shape index (κ3) is 3.71. The second-order valence-electron chi connectivity index (χ2n) is 7.34. The van der Waals surface area contributed by atoms with Gasteiger partial charge < -0.3 is 15.4 Å². The Kier molecular flexibility index (Phi) is 4.66. The van der Waals surface area contributed by atoms with Crippen LogP contribution in [0.2, 0.25) is 0 Å². The molecule has 6 heteroatoms. The fourth-order valence-electron chi connectivity index (χ4n) is 3.66. The number of ether oxygens (including phenoxy) is 1. The van der Waals surface area contributed by atoms with Gasteiger partial charge in [0.25, 0.3) is 11.8 Å². The van der Waals surface area contributed by atoms with Gasteiger partial charge >= 0.3 is 0 Å². The van der Waals surface area contributed by atoms with Gasteiger partial charge in [0, 0.05) is 42.6 Å². The predicted octanol–water partition coefficient (Wildman–Crippen LogP) is 1.72. The van der Waals surface area contributed by atoms with E-state index in [9.17, 15) is 9.59 Å². The molecule has 27 heavy (non-hydrogen) atoms. The van der Waals surface area contributed by atoms with Crippen molar-refractivity contribution in [1.82, 2.24) is 15.6 Å². The molecule has 1 aromatic carbocycles. The molecule has 1 saturated carbocycles. The Balaban J connectivity index is 1.56. The quantitative estimate of drug-likeness (QED) is 0.845. The monoisotopic (exact) mass is 365 g/mol. The molecule has 1 unspecified atom stereocenters. The van der Waals surface area contributed by atoms with Gasteiger partial charge in [-0.3, -0.25) is 9.59 Å². The number of carbonyl (C=O) groups excluding carboxylic acids is 2. The molecule has 2 aromatic rings. The Morgan fingerprint density at radius 2 is 1.81 bits per heavy atom. The number of hydrogen-bond acceptors (Lipinski definition) is 4. The fraction of sp³-hybridized carbons (Fsp3) is 0.381. The van der Waals surface area contributed by atoms with Gasteiger partial charge in [-0.05, 0) is 24.6 Å². The van der Waals surface area contributed by atoms with Crippen LogP contribution in [0, 0.1) is 18.8 Å². The van der Waals surface area contributed by atoms with Crippen LogP contribution in [-0.2, 0) is 11.2 Å². The van der Waals surface area contributed by atoms with Gasteiger partial charge in [0.15, 0.2) is 0 Å². The molecule has 2 amide bonds. The van der Waals surface area contributed by atoms with Crippen LogP contribution >= 0.6 is 0 Å². The summed E-state index contributed by atoms with van der Waals surface area (Å²) in [5.41, 5.74) is 3.69. The van der Waals surface area contributed by atoms with Crippen molar-refractivity contribution in [2.45, 2.75) is 19.4 Å². The van der Waals surface area contributed by atoms with Crippen LogP contribution in [0.5, 0.6) is 0 Å². The number of nitrogens with one attached hydrogen (secondary N) is 2. The van der Waals surface area contributed by atoms with Crippen LogP contribution in [0.1, 0.15) is 37.7 Å². The molecule has 2 heterocycles. The summed E-state index contributed by atoms with van der Waals surface area (Å²) in [6.07, 6.45) is 0.563. The zero-order valence-corrected chi connectivity index (χ0v) is 15.5. The van der Waals surface area contributed by atoms with Gasteiger partial charge in [-0.25, -0.2) is 4.98 Å². The lowest BCUT2D eigenvalue weighted by molar-refractivity contribution is 0.0928. The number of aromatic nitrogens is 1. The molecule has 1 aliphatic carbocycles. The van der Waals surface area contributed by atoms with E-state index in [-0.39, 0.29) is 23.6 Å². The van der Waals surface area contributed by atoms with Crippen LogP contribution < -0.4 is 10.6 Å². The number of hydrogen-bond donors (Lipinski definition) is 2. The van der Waals surface area contributed by atoms with E-state index in [0.717, 1.165) is 5.56 Å². The van der Waals surface area contributed by atoms with Crippen molar-refractivity contribution < 1.29 is 14.3 Å². The summed E-state index contributed by atoms with van der Waals surface area (Å²) in [6, 6.07) is 11.7. The number of amides is 2. The minimum Gasteiger partial charge on any atom is -0.381 e. The average molecular weight is 365 g/mol. The molecule has 0 bridgehead atoms. The number of nitrogens with zero attached hydrogens (tertiary/aromatic N) is 1. The van der Waals surface area contributed by atoms with Gasteiger partial charge in [0.1, 0.15) is 5.69 Å². The number of benzene rings is 1. The number of pyridine rings is 1. The van der Waals surface area contributed by atoms with E-state index >= 15 is 0 Å². The second kappa shape index (κ2) is 7.12. The van der Waals surface area contributed by atoms with Crippen LogP contribution in [0.3, 0.4) is 0 Å². The maximum absolute atomic E-state index is 12.7. The molecular formula is C21H23N3O3. The minimum absolute atomic E-state index is 0.160. The van der Waals surface area contributed by atoms with Crippen molar-refractivity contribution in [3.05, 3.63) is 64.5 Å². The zero-order chi connectivity index (χ0) is 19.0. The highest BCUT2D eigenvalue weighted by Gasteiger charge is 2.54. The smallest absolute Gasteiger partial charge is 0.269 e. The van der Waals surface area contributed by atoms with Crippen LogP contribution in [-0.4, -0.2) is 43.1 Å². The van der Waals surface area contributed by atoms with Crippen molar-refractivity contribution in [3.63, 3.8) is 0 Å². The van der Waals surface area contributed by atoms with Gasteiger partial charge in [0.2, 0.25) is 0 Å². The van der Waals surface area contributed by atoms with Crippen LogP contribution in [0.25, 0.3) is 0 Å². The van der Waals surface area contributed by atoms with E-state index in [1.165, 1.54) is 5.56 Å². The van der Waals surface area contributed by atoms with Gasteiger partial charge in [-0.15, -0.1) is 0 Å². The third-order valence-corrected chi connectivity index (χ3v) is 5.36. The van der Waals surface area contributed by atoms with E-state index in [1.54, 1.807) is 19.2 Å². The Morgan fingerprint density at radius 1 is 1.11 bits per heavy atom. The molecule has 0 spiro atoms. The topological polar surface area (TPSA) is 80.3 Å². The molecule has 2 aliphatic rings. The Morgan fingerprint density at radius 3 is 2.48 bits per heavy atom. The Hall–Kier alpha value is -2.73. The maximum atomic E-state index is 12.7. The highest BCUT2D eigenvalue weighted by Crippen LogP contribution is 2.44. The number of rotatable bonds is 5. The van der Waals surface area contributed by atoms with Crippen molar-refractivity contribution in [1.29, 1.82) is 0 Å². The lowest BCUT2D eigenvalue weighted by atomic mass is 10.0. The van der Waals surface area contributed by atoms with Crippen molar-refractivity contribution in [2.24, 2.45) is 11.8 Å². The standard InChI is InChI=1S/C21H23N3O3/c1-12-3-5-13(6-4-12)7-15-8-14(9-18(23-15)21(26)22-2)20(25)24-19-16-10-27-11-17(16)19/h3-6,8-9,16-17,19H,7,10-11H2,1-2H3,(H,22,26)(H,24,25)/t16-,17+,19?. The molecular weight excluding hydrogens is 342 g/mol. The SMILES string of the molecule is CNC(=O)c1cc(C(=O)NC2[C@H]3COC[C@@H]23)cc(Cc2ccc(C)cc2)n1. The summed E-state index contributed by atoms with van der Waals surface area (Å²) in [6.45, 7) is 3.47. The molecule has 4 rings (SSSR count). The van der Waals surface area contributed by atoms with Gasteiger partial charge in [-0.1, -0.05) is 29.8 Å². The van der Waals surface area contributed by atoms with Gasteiger partial charge in [-0.2, -0.15) is 0 Å². The van der Waals surface area contributed by atoms with Crippen molar-refractivity contribution in [3.8, 4) is 0 Å². The molecule has 3 atom stereocenters. The minimum atomic E-state index is -0.300. The lowest BCUT2D eigenvalue weighted by Crippen LogP contribution is -2.30. The first-order valence-corrected chi connectivity index (χ1v) is 9.22. The largest absolute Gasteiger partial charge is 0.381 e. The molecule has 140 valence electrons. The van der Waals surface area contributed by atoms with E-state index in [1.807, 2.05) is 31.2 Å². The van der Waals surface area contributed by atoms with Gasteiger partial charge in [0.05, 0.1) is 13.2 Å². The highest BCUT2D eigenvalue weighted by atomic mass is 16.5. The van der Waals surface area contributed by atoms with Crippen molar-refractivity contribution >= 4 is 11.8 Å². The summed E-state index contributed by atoms with van der Waals surface area (Å²) >= 11 is 0. The van der Waals surface area contributed by atoms with E-state index in [2.05, 4.69) is 15.6 Å². The number of aryl methyl sites for hydroxylation is 1. The predicted molar refractivity (Wildman–Crippen MR) is 101 cm³/mol. The zero-order valence-electron chi connectivity index (χ0n) is 15.5. The van der Waals surface area contributed by atoms with E-state index in [0.29, 0.717) is 42.7 Å².